The molecular formula is C15H21N3OS. The monoisotopic (exact) mass is 291 g/mol. The van der Waals surface area contributed by atoms with Crippen molar-refractivity contribution in [3.05, 3.63) is 34.8 Å². The lowest BCUT2D eigenvalue weighted by Crippen LogP contribution is -2.11. The molecule has 1 aromatic carbocycles. The van der Waals surface area contributed by atoms with E-state index in [1.807, 2.05) is 38.4 Å². The molecule has 5 heteroatoms. The van der Waals surface area contributed by atoms with Gasteiger partial charge in [0.25, 0.3) is 0 Å². The van der Waals surface area contributed by atoms with Gasteiger partial charge in [-0.25, -0.2) is 4.98 Å². The molecule has 0 aliphatic carbocycles. The van der Waals surface area contributed by atoms with E-state index in [9.17, 15) is 0 Å². The van der Waals surface area contributed by atoms with E-state index in [1.54, 1.807) is 18.4 Å². The molecule has 0 fully saturated rings. The molecule has 20 heavy (non-hydrogen) atoms. The highest BCUT2D eigenvalue weighted by molar-refractivity contribution is 7.15. The zero-order valence-corrected chi connectivity index (χ0v) is 13.4. The molecule has 0 aliphatic rings. The molecule has 108 valence electrons. The molecule has 2 aromatic rings. The molecule has 0 radical (unpaired) electrons. The van der Waals surface area contributed by atoms with Gasteiger partial charge in [0.15, 0.2) is 5.13 Å². The largest absolute Gasteiger partial charge is 0.495 e. The molecule has 2 rings (SSSR count). The van der Waals surface area contributed by atoms with Crippen LogP contribution in [0, 0.1) is 6.92 Å². The minimum atomic E-state index is 0.312. The summed E-state index contributed by atoms with van der Waals surface area (Å²) >= 11 is 1.71. The van der Waals surface area contributed by atoms with E-state index < -0.39 is 0 Å². The molecule has 1 atom stereocenters. The van der Waals surface area contributed by atoms with E-state index in [0.29, 0.717) is 6.04 Å². The van der Waals surface area contributed by atoms with Gasteiger partial charge in [-0.1, -0.05) is 23.5 Å². The van der Waals surface area contributed by atoms with Gasteiger partial charge in [0.1, 0.15) is 5.75 Å². The van der Waals surface area contributed by atoms with Crippen LogP contribution >= 0.6 is 11.3 Å². The van der Waals surface area contributed by atoms with E-state index in [4.69, 9.17) is 4.74 Å². The van der Waals surface area contributed by atoms with Gasteiger partial charge in [-0.15, -0.1) is 0 Å². The van der Waals surface area contributed by atoms with Crippen molar-refractivity contribution in [2.24, 2.45) is 0 Å². The van der Waals surface area contributed by atoms with Crippen LogP contribution in [0.1, 0.15) is 23.5 Å². The Labute approximate surface area is 124 Å². The molecule has 0 aliphatic heterocycles. The fourth-order valence-electron chi connectivity index (χ4n) is 2.08. The number of hydrogen-bond acceptors (Lipinski definition) is 5. The number of thiazole rings is 1. The number of ether oxygens (including phenoxy) is 1. The normalized spacial score (nSPS) is 12.2. The van der Waals surface area contributed by atoms with Crippen LogP contribution in [0.3, 0.4) is 0 Å². The first-order valence-electron chi connectivity index (χ1n) is 6.59. The van der Waals surface area contributed by atoms with Crippen molar-refractivity contribution in [1.29, 1.82) is 0 Å². The summed E-state index contributed by atoms with van der Waals surface area (Å²) < 4.78 is 5.42. The van der Waals surface area contributed by atoms with Crippen molar-refractivity contribution >= 4 is 22.2 Å². The van der Waals surface area contributed by atoms with Crippen molar-refractivity contribution < 1.29 is 4.74 Å². The van der Waals surface area contributed by atoms with E-state index in [1.165, 1.54) is 4.88 Å². The maximum absolute atomic E-state index is 5.42. The fraction of sp³-hybridized carbons (Fsp3) is 0.400. The standard InChI is InChI=1S/C15H21N3OS/c1-10(16-3)14-11(2)17-15(20-14)18(4)12-8-6-7-9-13(12)19-5/h6-10,16H,1-5H3. The molecule has 1 unspecified atom stereocenters. The molecule has 4 nitrogen and oxygen atoms in total. The van der Waals surface area contributed by atoms with Gasteiger partial charge in [-0.05, 0) is 33.0 Å². The number of aryl methyl sites for hydroxylation is 1. The van der Waals surface area contributed by atoms with Gasteiger partial charge in [-0.3, -0.25) is 0 Å². The smallest absolute Gasteiger partial charge is 0.190 e. The van der Waals surface area contributed by atoms with E-state index >= 15 is 0 Å². The average Bonchev–Trinajstić information content (AvgIpc) is 2.87. The molecule has 0 saturated carbocycles. The maximum atomic E-state index is 5.42. The second-order valence-electron chi connectivity index (χ2n) is 4.69. The minimum Gasteiger partial charge on any atom is -0.495 e. The van der Waals surface area contributed by atoms with Crippen molar-refractivity contribution in [3.8, 4) is 5.75 Å². The van der Waals surface area contributed by atoms with E-state index in [2.05, 4.69) is 29.0 Å². The van der Waals surface area contributed by atoms with Crippen LogP contribution in [0.25, 0.3) is 0 Å². The van der Waals surface area contributed by atoms with Gasteiger partial charge >= 0.3 is 0 Å². The molecular weight excluding hydrogens is 270 g/mol. The van der Waals surface area contributed by atoms with E-state index in [0.717, 1.165) is 22.3 Å². The molecule has 1 N–H and O–H groups in total. The summed E-state index contributed by atoms with van der Waals surface area (Å²) in [4.78, 5) is 8.02. The highest BCUT2D eigenvalue weighted by Crippen LogP contribution is 2.37. The van der Waals surface area contributed by atoms with Gasteiger partial charge in [0, 0.05) is 18.0 Å². The molecule has 1 heterocycles. The number of nitrogens with zero attached hydrogens (tertiary/aromatic N) is 2. The zero-order chi connectivity index (χ0) is 14.7. The number of nitrogens with one attached hydrogen (secondary N) is 1. The molecule has 0 saturated heterocycles. The third-order valence-electron chi connectivity index (χ3n) is 3.38. The Kier molecular flexibility index (Phi) is 4.62. The van der Waals surface area contributed by atoms with Crippen LogP contribution in [0.2, 0.25) is 0 Å². The van der Waals surface area contributed by atoms with Crippen LogP contribution in [0.15, 0.2) is 24.3 Å². The number of benzene rings is 1. The molecule has 0 bridgehead atoms. The molecule has 0 spiro atoms. The lowest BCUT2D eigenvalue weighted by atomic mass is 10.2. The van der Waals surface area contributed by atoms with Crippen LogP contribution in [0.5, 0.6) is 5.75 Å². The van der Waals surface area contributed by atoms with Gasteiger partial charge in [0.2, 0.25) is 0 Å². The van der Waals surface area contributed by atoms with Crippen LogP contribution < -0.4 is 15.0 Å². The Balaban J connectivity index is 2.36. The third-order valence-corrected chi connectivity index (χ3v) is 4.80. The first-order valence-corrected chi connectivity index (χ1v) is 7.41. The van der Waals surface area contributed by atoms with Crippen LogP contribution in [-0.2, 0) is 0 Å². The predicted molar refractivity (Wildman–Crippen MR) is 85.4 cm³/mol. The number of hydrogen-bond donors (Lipinski definition) is 1. The Hall–Kier alpha value is -1.59. The summed E-state index contributed by atoms with van der Waals surface area (Å²) in [6, 6.07) is 8.29. The van der Waals surface area contributed by atoms with E-state index in [-0.39, 0.29) is 0 Å². The topological polar surface area (TPSA) is 37.4 Å². The molecule has 0 amide bonds. The lowest BCUT2D eigenvalue weighted by molar-refractivity contribution is 0.415. The lowest BCUT2D eigenvalue weighted by Gasteiger charge is -2.18. The van der Waals surface area contributed by atoms with Crippen LogP contribution in [-0.4, -0.2) is 26.2 Å². The Morgan fingerprint density at radius 1 is 1.35 bits per heavy atom. The van der Waals surface area contributed by atoms with Gasteiger partial charge < -0.3 is 15.0 Å². The van der Waals surface area contributed by atoms with Crippen molar-refractivity contribution in [3.63, 3.8) is 0 Å². The Bertz CT molecular complexity index is 582. The first-order chi connectivity index (χ1) is 9.58. The van der Waals surface area contributed by atoms with Crippen LogP contribution in [0.4, 0.5) is 10.8 Å². The first kappa shape index (κ1) is 14.8. The zero-order valence-electron chi connectivity index (χ0n) is 12.6. The number of aromatic nitrogens is 1. The summed E-state index contributed by atoms with van der Waals surface area (Å²) in [6.45, 7) is 4.20. The van der Waals surface area contributed by atoms with Crippen molar-refractivity contribution in [1.82, 2.24) is 10.3 Å². The fourth-order valence-corrected chi connectivity index (χ4v) is 3.18. The summed E-state index contributed by atoms with van der Waals surface area (Å²) in [7, 11) is 5.67. The predicted octanol–water partition coefficient (Wildman–Crippen LogP) is 3.51. The van der Waals surface area contributed by atoms with Gasteiger partial charge in [0.05, 0.1) is 18.5 Å². The highest BCUT2D eigenvalue weighted by atomic mass is 32.1. The minimum absolute atomic E-state index is 0.312. The van der Waals surface area contributed by atoms with Crippen molar-refractivity contribution in [2.75, 3.05) is 26.1 Å². The number of para-hydroxylation sites is 2. The summed E-state index contributed by atoms with van der Waals surface area (Å²) in [5, 5.41) is 4.24. The second-order valence-corrected chi connectivity index (χ2v) is 5.70. The summed E-state index contributed by atoms with van der Waals surface area (Å²) in [6.07, 6.45) is 0. The summed E-state index contributed by atoms with van der Waals surface area (Å²) in [5.74, 6) is 0.853. The quantitative estimate of drug-likeness (QED) is 0.915. The van der Waals surface area contributed by atoms with Crippen molar-refractivity contribution in [2.45, 2.75) is 19.9 Å². The SMILES string of the molecule is CNC(C)c1sc(N(C)c2ccccc2OC)nc1C. The third kappa shape index (κ3) is 2.78. The number of methoxy groups -OCH3 is 1. The number of anilines is 2. The average molecular weight is 291 g/mol. The highest BCUT2D eigenvalue weighted by Gasteiger charge is 2.17. The second kappa shape index (κ2) is 6.24. The number of rotatable bonds is 5. The molecule has 1 aromatic heterocycles. The Morgan fingerprint density at radius 2 is 2.05 bits per heavy atom. The Morgan fingerprint density at radius 3 is 2.70 bits per heavy atom. The summed E-state index contributed by atoms with van der Waals surface area (Å²) in [5.41, 5.74) is 2.10. The van der Waals surface area contributed by atoms with Gasteiger partial charge in [-0.2, -0.15) is 0 Å². The maximum Gasteiger partial charge on any atom is 0.190 e.